The maximum atomic E-state index is 5.82. The lowest BCUT2D eigenvalue weighted by atomic mass is 10.1. The molecule has 0 bridgehead atoms. The molecule has 0 saturated heterocycles. The van der Waals surface area contributed by atoms with Crippen molar-refractivity contribution in [3.63, 3.8) is 0 Å². The summed E-state index contributed by atoms with van der Waals surface area (Å²) < 4.78 is 6.91. The minimum absolute atomic E-state index is 0.608. The average Bonchev–Trinajstić information content (AvgIpc) is 2.41. The number of fused-ring (bicyclic) bond motifs is 1. The Hall–Kier alpha value is -1.48. The number of nitrogens with zero attached hydrogens (tertiary/aromatic N) is 1. The van der Waals surface area contributed by atoms with E-state index >= 15 is 0 Å². The Morgan fingerprint density at radius 1 is 1.05 bits per heavy atom. The Morgan fingerprint density at radius 2 is 1.89 bits per heavy atom. The Morgan fingerprint density at radius 3 is 2.68 bits per heavy atom. The Balaban J connectivity index is 1.90. The standard InChI is InChI=1S/C16H16BrNO/c1-11-3-5-15(7-12(11)2)18-9-13-8-14(17)4-6-16(13)19-10-18/h3-8H,9-10H2,1-2H3. The van der Waals surface area contributed by atoms with E-state index in [0.717, 1.165) is 16.8 Å². The number of ether oxygens (including phenoxy) is 1. The van der Waals surface area contributed by atoms with Crippen molar-refractivity contribution in [1.29, 1.82) is 0 Å². The molecule has 0 aromatic heterocycles. The van der Waals surface area contributed by atoms with E-state index < -0.39 is 0 Å². The van der Waals surface area contributed by atoms with E-state index in [0.29, 0.717) is 6.73 Å². The molecule has 0 fully saturated rings. The Labute approximate surface area is 122 Å². The van der Waals surface area contributed by atoms with Crippen LogP contribution in [0.2, 0.25) is 0 Å². The molecule has 0 N–H and O–H groups in total. The van der Waals surface area contributed by atoms with Crippen molar-refractivity contribution in [2.75, 3.05) is 11.6 Å². The van der Waals surface area contributed by atoms with Crippen LogP contribution in [0.15, 0.2) is 40.9 Å². The first-order valence-electron chi connectivity index (χ1n) is 6.37. The number of hydrogen-bond acceptors (Lipinski definition) is 2. The van der Waals surface area contributed by atoms with Crippen LogP contribution in [0.3, 0.4) is 0 Å². The second-order valence-corrected chi connectivity index (χ2v) is 5.91. The highest BCUT2D eigenvalue weighted by atomic mass is 79.9. The third-order valence-corrected chi connectivity index (χ3v) is 4.11. The maximum absolute atomic E-state index is 5.82. The smallest absolute Gasteiger partial charge is 0.161 e. The molecule has 0 amide bonds. The molecule has 0 spiro atoms. The monoisotopic (exact) mass is 317 g/mol. The molecule has 2 aromatic rings. The zero-order valence-corrected chi connectivity index (χ0v) is 12.7. The second-order valence-electron chi connectivity index (χ2n) is 4.99. The molecule has 1 aliphatic heterocycles. The summed E-state index contributed by atoms with van der Waals surface area (Å²) in [6.45, 7) is 5.78. The predicted molar refractivity (Wildman–Crippen MR) is 81.7 cm³/mol. The van der Waals surface area contributed by atoms with E-state index in [1.165, 1.54) is 22.4 Å². The lowest BCUT2D eigenvalue weighted by molar-refractivity contribution is 0.289. The minimum atomic E-state index is 0.608. The molecular formula is C16H16BrNO. The highest BCUT2D eigenvalue weighted by Crippen LogP contribution is 2.31. The van der Waals surface area contributed by atoms with Crippen molar-refractivity contribution in [2.24, 2.45) is 0 Å². The van der Waals surface area contributed by atoms with Gasteiger partial charge >= 0.3 is 0 Å². The van der Waals surface area contributed by atoms with E-state index in [1.807, 2.05) is 12.1 Å². The number of rotatable bonds is 1. The van der Waals surface area contributed by atoms with Crippen LogP contribution < -0.4 is 9.64 Å². The van der Waals surface area contributed by atoms with E-state index in [4.69, 9.17) is 4.74 Å². The summed E-state index contributed by atoms with van der Waals surface area (Å²) in [4.78, 5) is 2.25. The van der Waals surface area contributed by atoms with Crippen LogP contribution >= 0.6 is 15.9 Å². The zero-order valence-electron chi connectivity index (χ0n) is 11.1. The van der Waals surface area contributed by atoms with Crippen LogP contribution in [-0.4, -0.2) is 6.73 Å². The maximum Gasteiger partial charge on any atom is 0.161 e. The lowest BCUT2D eigenvalue weighted by Crippen LogP contribution is -2.31. The second kappa shape index (κ2) is 4.89. The van der Waals surface area contributed by atoms with Crippen LogP contribution in [0.25, 0.3) is 0 Å². The van der Waals surface area contributed by atoms with E-state index in [9.17, 15) is 0 Å². The molecule has 1 heterocycles. The molecule has 19 heavy (non-hydrogen) atoms. The van der Waals surface area contributed by atoms with Crippen LogP contribution in [0, 0.1) is 13.8 Å². The topological polar surface area (TPSA) is 12.5 Å². The van der Waals surface area contributed by atoms with Crippen molar-refractivity contribution in [3.8, 4) is 5.75 Å². The first-order chi connectivity index (χ1) is 9.13. The summed E-state index contributed by atoms with van der Waals surface area (Å²) in [6.07, 6.45) is 0. The highest BCUT2D eigenvalue weighted by molar-refractivity contribution is 9.10. The van der Waals surface area contributed by atoms with Crippen molar-refractivity contribution >= 4 is 21.6 Å². The molecule has 3 heteroatoms. The SMILES string of the molecule is Cc1ccc(N2COc3ccc(Br)cc3C2)cc1C. The number of halogens is 1. The summed E-state index contributed by atoms with van der Waals surface area (Å²) in [6, 6.07) is 12.7. The van der Waals surface area contributed by atoms with Gasteiger partial charge in [0.25, 0.3) is 0 Å². The van der Waals surface area contributed by atoms with Gasteiger partial charge in [0.1, 0.15) is 5.75 Å². The third kappa shape index (κ3) is 2.47. The van der Waals surface area contributed by atoms with Gasteiger partial charge in [-0.1, -0.05) is 22.0 Å². The molecule has 0 saturated carbocycles. The fourth-order valence-corrected chi connectivity index (χ4v) is 2.71. The molecule has 98 valence electrons. The largest absolute Gasteiger partial charge is 0.473 e. The van der Waals surface area contributed by atoms with Gasteiger partial charge in [0.2, 0.25) is 0 Å². The van der Waals surface area contributed by atoms with Gasteiger partial charge in [-0.3, -0.25) is 0 Å². The van der Waals surface area contributed by atoms with Gasteiger partial charge in [0, 0.05) is 22.3 Å². The molecule has 1 aliphatic rings. The van der Waals surface area contributed by atoms with Gasteiger partial charge in [0.15, 0.2) is 6.73 Å². The zero-order chi connectivity index (χ0) is 13.4. The number of hydrogen-bond donors (Lipinski definition) is 0. The van der Waals surface area contributed by atoms with Crippen LogP contribution in [0.4, 0.5) is 5.69 Å². The lowest BCUT2D eigenvalue weighted by Gasteiger charge is -2.31. The van der Waals surface area contributed by atoms with Gasteiger partial charge in [-0.2, -0.15) is 0 Å². The van der Waals surface area contributed by atoms with Gasteiger partial charge in [-0.25, -0.2) is 0 Å². The van der Waals surface area contributed by atoms with Crippen LogP contribution in [0.1, 0.15) is 16.7 Å². The fourth-order valence-electron chi connectivity index (χ4n) is 2.30. The summed E-state index contributed by atoms with van der Waals surface area (Å²) >= 11 is 3.51. The van der Waals surface area contributed by atoms with Gasteiger partial charge in [-0.05, 0) is 55.3 Å². The Bertz CT molecular complexity index is 624. The number of benzene rings is 2. The van der Waals surface area contributed by atoms with Crippen molar-refractivity contribution < 1.29 is 4.74 Å². The molecule has 0 unspecified atom stereocenters. The fraction of sp³-hybridized carbons (Fsp3) is 0.250. The normalized spacial score (nSPS) is 13.9. The number of aryl methyl sites for hydroxylation is 2. The van der Waals surface area contributed by atoms with Gasteiger partial charge in [0.05, 0.1) is 0 Å². The molecule has 0 radical (unpaired) electrons. The van der Waals surface area contributed by atoms with Gasteiger partial charge < -0.3 is 9.64 Å². The Kier molecular flexibility index (Phi) is 3.23. The first kappa shape index (κ1) is 12.5. The molecular weight excluding hydrogens is 302 g/mol. The summed E-state index contributed by atoms with van der Waals surface area (Å²) in [5.74, 6) is 0.989. The quantitative estimate of drug-likeness (QED) is 0.771. The summed E-state index contributed by atoms with van der Waals surface area (Å²) in [5.41, 5.74) is 5.08. The van der Waals surface area contributed by atoms with Crippen molar-refractivity contribution in [3.05, 3.63) is 57.6 Å². The number of anilines is 1. The average molecular weight is 318 g/mol. The molecule has 3 rings (SSSR count). The van der Waals surface area contributed by atoms with E-state index in [2.05, 4.69) is 58.9 Å². The first-order valence-corrected chi connectivity index (χ1v) is 7.16. The highest BCUT2D eigenvalue weighted by Gasteiger charge is 2.18. The van der Waals surface area contributed by atoms with E-state index in [-0.39, 0.29) is 0 Å². The van der Waals surface area contributed by atoms with Crippen molar-refractivity contribution in [1.82, 2.24) is 0 Å². The molecule has 2 nitrogen and oxygen atoms in total. The summed E-state index contributed by atoms with van der Waals surface area (Å²) in [7, 11) is 0. The van der Waals surface area contributed by atoms with Gasteiger partial charge in [-0.15, -0.1) is 0 Å². The molecule has 2 aromatic carbocycles. The minimum Gasteiger partial charge on any atom is -0.473 e. The third-order valence-electron chi connectivity index (χ3n) is 3.62. The van der Waals surface area contributed by atoms with E-state index in [1.54, 1.807) is 0 Å². The van der Waals surface area contributed by atoms with Crippen LogP contribution in [0.5, 0.6) is 5.75 Å². The predicted octanol–water partition coefficient (Wildman–Crippen LogP) is 4.42. The van der Waals surface area contributed by atoms with Crippen LogP contribution in [-0.2, 0) is 6.54 Å². The molecule has 0 atom stereocenters. The molecule has 0 aliphatic carbocycles. The van der Waals surface area contributed by atoms with Crippen molar-refractivity contribution in [2.45, 2.75) is 20.4 Å². The summed E-state index contributed by atoms with van der Waals surface area (Å²) in [5, 5.41) is 0.